The minimum Gasteiger partial charge on any atom is -0.350 e. The van der Waals surface area contributed by atoms with Gasteiger partial charge in [0.15, 0.2) is 5.84 Å². The maximum Gasteiger partial charge on any atom is 0.285 e. The van der Waals surface area contributed by atoms with Crippen molar-refractivity contribution in [2.24, 2.45) is 4.40 Å². The molecule has 2 aliphatic rings. The van der Waals surface area contributed by atoms with Gasteiger partial charge in [-0.3, -0.25) is 9.78 Å². The van der Waals surface area contributed by atoms with Crippen LogP contribution in [0, 0.1) is 0 Å². The summed E-state index contributed by atoms with van der Waals surface area (Å²) >= 11 is 0. The van der Waals surface area contributed by atoms with Gasteiger partial charge in [0, 0.05) is 31.0 Å². The lowest BCUT2D eigenvalue weighted by molar-refractivity contribution is -0.124. The van der Waals surface area contributed by atoms with E-state index in [9.17, 15) is 13.2 Å². The van der Waals surface area contributed by atoms with Crippen LogP contribution in [0.15, 0.2) is 58.1 Å². The van der Waals surface area contributed by atoms with Crippen LogP contribution in [0.25, 0.3) is 0 Å². The molecule has 0 spiro atoms. The standard InChI is InChI=1S/C18H18N4O3S/c23-18(20-12-13-7-9-19-10-8-13)15-5-3-11-22(15)17-14-4-1-2-6-16(14)26(24,25)21-17/h1-2,4,6-10,15H,3,5,11-12H2,(H,20,23)/t15-/m0/s1. The van der Waals surface area contributed by atoms with Crippen molar-refractivity contribution in [3.63, 3.8) is 0 Å². The number of likely N-dealkylation sites (tertiary alicyclic amines) is 1. The second kappa shape index (κ2) is 6.53. The molecular weight excluding hydrogens is 352 g/mol. The Bertz CT molecular complexity index is 973. The van der Waals surface area contributed by atoms with Gasteiger partial charge >= 0.3 is 0 Å². The molecule has 0 radical (unpaired) electrons. The summed E-state index contributed by atoms with van der Waals surface area (Å²) in [5, 5.41) is 2.93. The second-order valence-corrected chi connectivity index (χ2v) is 7.88. The number of hydrogen-bond donors (Lipinski definition) is 1. The minimum absolute atomic E-state index is 0.121. The number of rotatable bonds is 3. The van der Waals surface area contributed by atoms with Crippen molar-refractivity contribution in [1.29, 1.82) is 0 Å². The lowest BCUT2D eigenvalue weighted by Gasteiger charge is -2.25. The van der Waals surface area contributed by atoms with Crippen molar-refractivity contribution in [3.05, 3.63) is 59.9 Å². The zero-order chi connectivity index (χ0) is 18.1. The van der Waals surface area contributed by atoms with E-state index in [2.05, 4.69) is 14.7 Å². The molecular formula is C18H18N4O3S. The third-order valence-corrected chi connectivity index (χ3v) is 5.98. The van der Waals surface area contributed by atoms with E-state index in [1.165, 1.54) is 0 Å². The van der Waals surface area contributed by atoms with Gasteiger partial charge < -0.3 is 10.2 Å². The molecule has 8 heteroatoms. The van der Waals surface area contributed by atoms with Gasteiger partial charge in [0.1, 0.15) is 10.9 Å². The molecule has 1 aromatic heterocycles. The SMILES string of the molecule is O=C(NCc1ccncc1)[C@@H]1CCCN1C1=NS(=O)(=O)c2ccccc21. The Hall–Kier alpha value is -2.74. The number of aromatic nitrogens is 1. The highest BCUT2D eigenvalue weighted by Gasteiger charge is 2.39. The highest BCUT2D eigenvalue weighted by atomic mass is 32.2. The number of nitrogens with one attached hydrogen (secondary N) is 1. The summed E-state index contributed by atoms with van der Waals surface area (Å²) in [6, 6.07) is 10.0. The average molecular weight is 370 g/mol. The predicted molar refractivity (Wildman–Crippen MR) is 96.0 cm³/mol. The van der Waals surface area contributed by atoms with E-state index in [-0.39, 0.29) is 10.8 Å². The molecule has 2 aromatic rings. The molecule has 0 saturated carbocycles. The van der Waals surface area contributed by atoms with Crippen LogP contribution >= 0.6 is 0 Å². The van der Waals surface area contributed by atoms with E-state index >= 15 is 0 Å². The fourth-order valence-electron chi connectivity index (χ4n) is 3.40. The number of carbonyl (C=O) groups is 1. The number of fused-ring (bicyclic) bond motifs is 1. The number of nitrogens with zero attached hydrogens (tertiary/aromatic N) is 3. The van der Waals surface area contributed by atoms with Crippen LogP contribution < -0.4 is 5.32 Å². The number of hydrogen-bond acceptors (Lipinski definition) is 5. The number of amidine groups is 1. The predicted octanol–water partition coefficient (Wildman–Crippen LogP) is 1.31. The molecule has 1 atom stereocenters. The number of amides is 1. The number of carbonyl (C=O) groups excluding carboxylic acids is 1. The average Bonchev–Trinajstić information content (AvgIpc) is 3.24. The Balaban J connectivity index is 1.55. The number of sulfonamides is 1. The summed E-state index contributed by atoms with van der Waals surface area (Å²) in [7, 11) is -3.69. The monoisotopic (exact) mass is 370 g/mol. The van der Waals surface area contributed by atoms with Gasteiger partial charge in [-0.05, 0) is 42.7 Å². The van der Waals surface area contributed by atoms with E-state index < -0.39 is 16.1 Å². The maximum absolute atomic E-state index is 12.7. The molecule has 3 heterocycles. The quantitative estimate of drug-likeness (QED) is 0.880. The third-order valence-electron chi connectivity index (χ3n) is 4.66. The fraction of sp³-hybridized carbons (Fsp3) is 0.278. The smallest absolute Gasteiger partial charge is 0.285 e. The Kier molecular flexibility index (Phi) is 4.20. The summed E-state index contributed by atoms with van der Waals surface area (Å²) in [5.41, 5.74) is 1.53. The molecule has 26 heavy (non-hydrogen) atoms. The summed E-state index contributed by atoms with van der Waals surface area (Å²) in [6.45, 7) is 1.02. The molecule has 1 amide bonds. The van der Waals surface area contributed by atoms with E-state index in [4.69, 9.17) is 0 Å². The first-order valence-electron chi connectivity index (χ1n) is 8.44. The maximum atomic E-state index is 12.7. The molecule has 1 aromatic carbocycles. The lowest BCUT2D eigenvalue weighted by Crippen LogP contribution is -2.45. The summed E-state index contributed by atoms with van der Waals surface area (Å²) < 4.78 is 28.5. The molecule has 0 aliphatic carbocycles. The van der Waals surface area contributed by atoms with Gasteiger partial charge in [0.25, 0.3) is 10.0 Å². The van der Waals surface area contributed by atoms with Gasteiger partial charge in [-0.2, -0.15) is 8.42 Å². The highest BCUT2D eigenvalue weighted by molar-refractivity contribution is 7.90. The highest BCUT2D eigenvalue weighted by Crippen LogP contribution is 2.31. The van der Waals surface area contributed by atoms with Crippen LogP contribution in [0.1, 0.15) is 24.0 Å². The van der Waals surface area contributed by atoms with Gasteiger partial charge in [-0.25, -0.2) is 0 Å². The first-order chi connectivity index (χ1) is 12.6. The van der Waals surface area contributed by atoms with Crippen LogP contribution in [-0.4, -0.2) is 42.6 Å². The lowest BCUT2D eigenvalue weighted by atomic mass is 10.1. The number of pyridine rings is 1. The normalized spacial score (nSPS) is 20.5. The molecule has 134 valence electrons. The van der Waals surface area contributed by atoms with Crippen molar-refractivity contribution in [2.75, 3.05) is 6.54 Å². The Morgan fingerprint density at radius 1 is 1.19 bits per heavy atom. The van der Waals surface area contributed by atoms with E-state index in [0.717, 1.165) is 12.0 Å². The van der Waals surface area contributed by atoms with E-state index in [0.29, 0.717) is 30.9 Å². The first-order valence-corrected chi connectivity index (χ1v) is 9.88. The van der Waals surface area contributed by atoms with Gasteiger partial charge in [-0.15, -0.1) is 4.40 Å². The van der Waals surface area contributed by atoms with Crippen LogP contribution in [0.4, 0.5) is 0 Å². The third kappa shape index (κ3) is 2.96. The molecule has 1 N–H and O–H groups in total. The van der Waals surface area contributed by atoms with Crippen molar-refractivity contribution >= 4 is 21.8 Å². The summed E-state index contributed by atoms with van der Waals surface area (Å²) in [6.07, 6.45) is 4.84. The summed E-state index contributed by atoms with van der Waals surface area (Å²) in [5.74, 6) is 0.256. The fourth-order valence-corrected chi connectivity index (χ4v) is 4.61. The first kappa shape index (κ1) is 16.7. The van der Waals surface area contributed by atoms with Gasteiger partial charge in [0.05, 0.1) is 0 Å². The van der Waals surface area contributed by atoms with E-state index in [1.54, 1.807) is 36.7 Å². The largest absolute Gasteiger partial charge is 0.350 e. The molecule has 2 aliphatic heterocycles. The van der Waals surface area contributed by atoms with Crippen molar-refractivity contribution in [2.45, 2.75) is 30.3 Å². The second-order valence-electron chi connectivity index (χ2n) is 6.31. The Labute approximate surface area is 151 Å². The Morgan fingerprint density at radius 2 is 1.96 bits per heavy atom. The van der Waals surface area contributed by atoms with Crippen LogP contribution in [-0.2, 0) is 21.4 Å². The molecule has 0 unspecified atom stereocenters. The Morgan fingerprint density at radius 3 is 2.77 bits per heavy atom. The van der Waals surface area contributed by atoms with Crippen LogP contribution in [0.2, 0.25) is 0 Å². The topological polar surface area (TPSA) is 91.7 Å². The zero-order valence-electron chi connectivity index (χ0n) is 14.0. The van der Waals surface area contributed by atoms with Gasteiger partial charge in [-0.1, -0.05) is 12.1 Å². The molecule has 1 saturated heterocycles. The van der Waals surface area contributed by atoms with Crippen LogP contribution in [0.5, 0.6) is 0 Å². The van der Waals surface area contributed by atoms with Crippen molar-refractivity contribution in [1.82, 2.24) is 15.2 Å². The summed E-state index contributed by atoms with van der Waals surface area (Å²) in [4.78, 5) is 18.7. The van der Waals surface area contributed by atoms with Crippen LogP contribution in [0.3, 0.4) is 0 Å². The number of benzene rings is 1. The molecule has 1 fully saturated rings. The molecule has 4 rings (SSSR count). The zero-order valence-corrected chi connectivity index (χ0v) is 14.8. The molecule has 7 nitrogen and oxygen atoms in total. The van der Waals surface area contributed by atoms with Crippen molar-refractivity contribution in [3.8, 4) is 0 Å². The molecule has 0 bridgehead atoms. The minimum atomic E-state index is -3.69. The van der Waals surface area contributed by atoms with Gasteiger partial charge in [0.2, 0.25) is 5.91 Å². The van der Waals surface area contributed by atoms with Crippen molar-refractivity contribution < 1.29 is 13.2 Å². The van der Waals surface area contributed by atoms with E-state index in [1.807, 2.05) is 17.0 Å².